The number of aliphatic hydroxyl groups excluding tert-OH is 1. The molecule has 1 rings (SSSR count). The molecule has 2 N–H and O–H groups in total. The lowest BCUT2D eigenvalue weighted by molar-refractivity contribution is -0.125. The van der Waals surface area contributed by atoms with E-state index in [1.165, 1.54) is 0 Å². The van der Waals surface area contributed by atoms with Crippen LogP contribution in [-0.2, 0) is 4.79 Å². The molecular formula is C12H20N2O4. The van der Waals surface area contributed by atoms with Crippen LogP contribution >= 0.6 is 0 Å². The van der Waals surface area contributed by atoms with E-state index < -0.39 is 5.54 Å². The number of aliphatic hydroxyl groups is 1. The van der Waals surface area contributed by atoms with E-state index in [9.17, 15) is 4.79 Å². The standard InChI is InChI=1S/C12H20N2O4/c1-4-12(3,5-6-15)13-10(16)8-17-11-7-9(2)18-14-11/h7,15H,4-6,8H2,1-3H3,(H,13,16). The molecule has 6 heteroatoms. The van der Waals surface area contributed by atoms with Gasteiger partial charge in [0.05, 0.1) is 0 Å². The van der Waals surface area contributed by atoms with E-state index in [-0.39, 0.29) is 19.1 Å². The van der Waals surface area contributed by atoms with Gasteiger partial charge in [-0.1, -0.05) is 6.92 Å². The van der Waals surface area contributed by atoms with Crippen molar-refractivity contribution in [1.82, 2.24) is 10.5 Å². The Morgan fingerprint density at radius 3 is 2.89 bits per heavy atom. The molecule has 0 saturated heterocycles. The molecule has 6 nitrogen and oxygen atoms in total. The van der Waals surface area contributed by atoms with Crippen molar-refractivity contribution in [3.05, 3.63) is 11.8 Å². The van der Waals surface area contributed by atoms with Crippen molar-refractivity contribution in [3.8, 4) is 5.88 Å². The van der Waals surface area contributed by atoms with E-state index in [1.54, 1.807) is 13.0 Å². The molecule has 1 aromatic heterocycles. The number of ether oxygens (including phenoxy) is 1. The molecule has 1 unspecified atom stereocenters. The van der Waals surface area contributed by atoms with Gasteiger partial charge in [0, 0.05) is 18.2 Å². The zero-order valence-electron chi connectivity index (χ0n) is 11.0. The van der Waals surface area contributed by atoms with Crippen LogP contribution in [0.1, 0.15) is 32.4 Å². The lowest BCUT2D eigenvalue weighted by atomic mass is 9.95. The first kappa shape index (κ1) is 14.5. The second-order valence-corrected chi connectivity index (χ2v) is 4.50. The highest BCUT2D eigenvalue weighted by molar-refractivity contribution is 5.78. The minimum Gasteiger partial charge on any atom is -0.465 e. The third kappa shape index (κ3) is 4.37. The highest BCUT2D eigenvalue weighted by Crippen LogP contribution is 2.14. The number of amides is 1. The molecule has 0 aromatic carbocycles. The molecule has 0 aliphatic carbocycles. The number of carbonyl (C=O) groups excluding carboxylic acids is 1. The maximum Gasteiger partial charge on any atom is 0.258 e. The fourth-order valence-corrected chi connectivity index (χ4v) is 1.50. The average molecular weight is 256 g/mol. The zero-order chi connectivity index (χ0) is 13.6. The Kier molecular flexibility index (Phi) is 5.15. The van der Waals surface area contributed by atoms with Gasteiger partial charge < -0.3 is 19.7 Å². The third-order valence-corrected chi connectivity index (χ3v) is 2.84. The second kappa shape index (κ2) is 6.39. The summed E-state index contributed by atoms with van der Waals surface area (Å²) >= 11 is 0. The van der Waals surface area contributed by atoms with Crippen LogP contribution in [0.4, 0.5) is 0 Å². The van der Waals surface area contributed by atoms with Gasteiger partial charge in [-0.25, -0.2) is 0 Å². The van der Waals surface area contributed by atoms with Crippen LogP contribution in [0, 0.1) is 6.92 Å². The number of hydrogen-bond donors (Lipinski definition) is 2. The van der Waals surface area contributed by atoms with Crippen LogP contribution in [0.3, 0.4) is 0 Å². The minimum absolute atomic E-state index is 0.0357. The van der Waals surface area contributed by atoms with Crippen molar-refractivity contribution >= 4 is 5.91 Å². The highest BCUT2D eigenvalue weighted by atomic mass is 16.5. The molecule has 0 radical (unpaired) electrons. The summed E-state index contributed by atoms with van der Waals surface area (Å²) in [6, 6.07) is 1.61. The van der Waals surface area contributed by atoms with Crippen molar-refractivity contribution in [2.24, 2.45) is 0 Å². The minimum atomic E-state index is -0.408. The summed E-state index contributed by atoms with van der Waals surface area (Å²) in [5.74, 6) is 0.681. The molecule has 18 heavy (non-hydrogen) atoms. The Hall–Kier alpha value is -1.56. The first-order chi connectivity index (χ1) is 8.49. The van der Waals surface area contributed by atoms with Crippen molar-refractivity contribution in [1.29, 1.82) is 0 Å². The van der Waals surface area contributed by atoms with E-state index in [0.29, 0.717) is 18.1 Å². The van der Waals surface area contributed by atoms with Crippen LogP contribution in [0.5, 0.6) is 5.88 Å². The van der Waals surface area contributed by atoms with Gasteiger partial charge >= 0.3 is 0 Å². The first-order valence-corrected chi connectivity index (χ1v) is 5.97. The molecular weight excluding hydrogens is 236 g/mol. The van der Waals surface area contributed by atoms with Gasteiger partial charge in [-0.2, -0.15) is 0 Å². The fourth-order valence-electron chi connectivity index (χ4n) is 1.50. The Bertz CT molecular complexity index is 391. The van der Waals surface area contributed by atoms with E-state index in [2.05, 4.69) is 10.5 Å². The molecule has 1 heterocycles. The molecule has 1 atom stereocenters. The summed E-state index contributed by atoms with van der Waals surface area (Å²) in [5.41, 5.74) is -0.408. The zero-order valence-corrected chi connectivity index (χ0v) is 11.0. The summed E-state index contributed by atoms with van der Waals surface area (Å²) in [5, 5.41) is 15.4. The second-order valence-electron chi connectivity index (χ2n) is 4.50. The van der Waals surface area contributed by atoms with E-state index in [1.807, 2.05) is 13.8 Å². The van der Waals surface area contributed by atoms with Gasteiger partial charge in [0.2, 0.25) is 0 Å². The summed E-state index contributed by atoms with van der Waals surface area (Å²) in [7, 11) is 0. The topological polar surface area (TPSA) is 84.6 Å². The largest absolute Gasteiger partial charge is 0.465 e. The number of rotatable bonds is 7. The summed E-state index contributed by atoms with van der Waals surface area (Å²) < 4.78 is 10.00. The highest BCUT2D eigenvalue weighted by Gasteiger charge is 2.23. The molecule has 102 valence electrons. The summed E-state index contributed by atoms with van der Waals surface area (Å²) in [6.45, 7) is 5.51. The number of carbonyl (C=O) groups is 1. The number of aromatic nitrogens is 1. The molecule has 0 aliphatic heterocycles. The van der Waals surface area contributed by atoms with E-state index >= 15 is 0 Å². The van der Waals surface area contributed by atoms with Crippen molar-refractivity contribution in [3.63, 3.8) is 0 Å². The average Bonchev–Trinajstić information content (AvgIpc) is 2.73. The Labute approximate surface area is 106 Å². The molecule has 1 amide bonds. The van der Waals surface area contributed by atoms with E-state index in [0.717, 1.165) is 6.42 Å². The summed E-state index contributed by atoms with van der Waals surface area (Å²) in [6.07, 6.45) is 1.25. The lowest BCUT2D eigenvalue weighted by Crippen LogP contribution is -2.47. The monoisotopic (exact) mass is 256 g/mol. The normalized spacial score (nSPS) is 14.0. The van der Waals surface area contributed by atoms with Gasteiger partial charge in [0.15, 0.2) is 6.61 Å². The van der Waals surface area contributed by atoms with Crippen molar-refractivity contribution < 1.29 is 19.2 Å². The molecule has 0 aliphatic rings. The summed E-state index contributed by atoms with van der Waals surface area (Å²) in [4.78, 5) is 11.7. The van der Waals surface area contributed by atoms with Gasteiger partial charge in [-0.3, -0.25) is 4.79 Å². The molecule has 0 spiro atoms. The number of aryl methyl sites for hydroxylation is 1. The van der Waals surface area contributed by atoms with Gasteiger partial charge in [0.1, 0.15) is 5.76 Å². The molecule has 1 aromatic rings. The number of nitrogens with zero attached hydrogens (tertiary/aromatic N) is 1. The van der Waals surface area contributed by atoms with Crippen molar-refractivity contribution in [2.75, 3.05) is 13.2 Å². The van der Waals surface area contributed by atoms with Gasteiger partial charge in [0.25, 0.3) is 11.8 Å². The quantitative estimate of drug-likeness (QED) is 0.761. The molecule has 0 fully saturated rings. The van der Waals surface area contributed by atoms with Crippen LogP contribution in [0.15, 0.2) is 10.6 Å². The molecule has 0 saturated carbocycles. The smallest absolute Gasteiger partial charge is 0.258 e. The SMILES string of the molecule is CCC(C)(CCO)NC(=O)COc1cc(C)on1. The number of hydrogen-bond acceptors (Lipinski definition) is 5. The first-order valence-electron chi connectivity index (χ1n) is 5.97. The Balaban J connectivity index is 2.41. The maximum atomic E-state index is 11.7. The predicted octanol–water partition coefficient (Wildman–Crippen LogP) is 1.03. The van der Waals surface area contributed by atoms with Crippen LogP contribution in [0.2, 0.25) is 0 Å². The fraction of sp³-hybridized carbons (Fsp3) is 0.667. The third-order valence-electron chi connectivity index (χ3n) is 2.84. The molecule has 0 bridgehead atoms. The van der Waals surface area contributed by atoms with Crippen LogP contribution in [-0.4, -0.2) is 34.9 Å². The van der Waals surface area contributed by atoms with Crippen LogP contribution < -0.4 is 10.1 Å². The van der Waals surface area contributed by atoms with E-state index in [4.69, 9.17) is 14.4 Å². The van der Waals surface area contributed by atoms with Gasteiger partial charge in [-0.15, -0.1) is 0 Å². The lowest BCUT2D eigenvalue weighted by Gasteiger charge is -2.28. The van der Waals surface area contributed by atoms with Crippen LogP contribution in [0.25, 0.3) is 0 Å². The number of nitrogens with one attached hydrogen (secondary N) is 1. The van der Waals surface area contributed by atoms with Gasteiger partial charge in [-0.05, 0) is 31.8 Å². The maximum absolute atomic E-state index is 11.7. The predicted molar refractivity (Wildman–Crippen MR) is 65.3 cm³/mol. The Morgan fingerprint density at radius 2 is 2.39 bits per heavy atom. The van der Waals surface area contributed by atoms with Crippen molar-refractivity contribution in [2.45, 2.75) is 39.2 Å². The Morgan fingerprint density at radius 1 is 1.67 bits per heavy atom.